The van der Waals surface area contributed by atoms with Gasteiger partial charge in [-0.05, 0) is 19.4 Å². The number of hydrogen-bond acceptors (Lipinski definition) is 10. The molecule has 0 fully saturated rings. The largest absolute Gasteiger partial charge is 0.481 e. The average molecular weight is 542 g/mol. The normalized spacial score (nSPS) is 14.9. The molecule has 0 aliphatic carbocycles. The Morgan fingerprint density at radius 1 is 1.05 bits per heavy atom. The van der Waals surface area contributed by atoms with Gasteiger partial charge in [0.15, 0.2) is 0 Å². The second-order valence-corrected chi connectivity index (χ2v) is 8.20. The second kappa shape index (κ2) is 11.8. The fourth-order valence-electron chi connectivity index (χ4n) is 3.94. The third-order valence-corrected chi connectivity index (χ3v) is 5.77. The Kier molecular flexibility index (Phi) is 8.55. The molecule has 39 heavy (non-hydrogen) atoms. The minimum absolute atomic E-state index is 0.000615. The van der Waals surface area contributed by atoms with Crippen LogP contribution in [0.5, 0.6) is 5.75 Å². The van der Waals surface area contributed by atoms with Gasteiger partial charge >= 0.3 is 23.9 Å². The van der Waals surface area contributed by atoms with Gasteiger partial charge < -0.3 is 19.9 Å². The van der Waals surface area contributed by atoms with Gasteiger partial charge in [0.05, 0.1) is 40.2 Å². The first-order chi connectivity index (χ1) is 18.4. The summed E-state index contributed by atoms with van der Waals surface area (Å²) >= 11 is 0. The van der Waals surface area contributed by atoms with Gasteiger partial charge in [-0.1, -0.05) is 18.2 Å². The summed E-state index contributed by atoms with van der Waals surface area (Å²) in [4.78, 5) is 71.3. The fourth-order valence-corrected chi connectivity index (χ4v) is 3.94. The van der Waals surface area contributed by atoms with Crippen LogP contribution in [0.4, 0.5) is 16.2 Å². The Hall–Kier alpha value is -5.34. The van der Waals surface area contributed by atoms with E-state index >= 15 is 0 Å². The summed E-state index contributed by atoms with van der Waals surface area (Å²) in [5, 5.41) is 33.9. The van der Waals surface area contributed by atoms with Crippen LogP contribution in [0.1, 0.15) is 41.7 Å². The van der Waals surface area contributed by atoms with E-state index in [4.69, 9.17) is 14.6 Å². The Morgan fingerprint density at radius 2 is 1.67 bits per heavy atom. The van der Waals surface area contributed by atoms with E-state index in [9.17, 15) is 39.4 Å². The van der Waals surface area contributed by atoms with E-state index < -0.39 is 56.8 Å². The lowest BCUT2D eigenvalue weighted by atomic mass is 9.94. The third-order valence-electron chi connectivity index (χ3n) is 5.77. The Balaban J connectivity index is 2.01. The number of non-ortho nitro benzene ring substituents is 2. The lowest BCUT2D eigenvalue weighted by Crippen LogP contribution is -2.48. The molecule has 1 heterocycles. The number of nitro groups is 2. The molecular formula is C24H22N4O11. The maximum Gasteiger partial charge on any atom is 0.344 e. The number of ether oxygens (including phenoxy) is 2. The SMILES string of the molecule is COC(=O)C1=C(C)N(CCCC(=O)O)C(=O)NC1c1ccccc1OC(=O)c1cc([N+](=O)[O-])cc([N+](=O)[O-])c1. The van der Waals surface area contributed by atoms with Crippen molar-refractivity contribution in [3.8, 4) is 5.75 Å². The van der Waals surface area contributed by atoms with Gasteiger partial charge in [0.2, 0.25) is 0 Å². The van der Waals surface area contributed by atoms with Crippen LogP contribution in [0.3, 0.4) is 0 Å². The summed E-state index contributed by atoms with van der Waals surface area (Å²) in [5.74, 6) is -3.16. The van der Waals surface area contributed by atoms with Gasteiger partial charge in [-0.15, -0.1) is 0 Å². The predicted octanol–water partition coefficient (Wildman–Crippen LogP) is 3.10. The van der Waals surface area contributed by atoms with Gasteiger partial charge in [0.1, 0.15) is 5.75 Å². The molecule has 0 aromatic heterocycles. The number of nitrogens with zero attached hydrogens (tertiary/aromatic N) is 3. The standard InChI is InChI=1S/C24H22N4O11/c1-13-20(23(32)38-2)21(25-24(33)26(13)9-5-8-19(29)30)17-6-3-4-7-18(17)39-22(31)14-10-15(27(34)35)12-16(11-14)28(36)37/h3-4,6-7,10-12,21H,5,8-9H2,1-2H3,(H,25,33)(H,29,30). The van der Waals surface area contributed by atoms with Crippen LogP contribution in [0.2, 0.25) is 0 Å². The van der Waals surface area contributed by atoms with Crippen molar-refractivity contribution >= 4 is 35.3 Å². The third kappa shape index (κ3) is 6.33. The van der Waals surface area contributed by atoms with Crippen LogP contribution >= 0.6 is 0 Å². The molecule has 1 aliphatic heterocycles. The number of carbonyl (C=O) groups excluding carboxylic acids is 3. The van der Waals surface area contributed by atoms with E-state index in [2.05, 4.69) is 5.32 Å². The first kappa shape index (κ1) is 28.2. The number of methoxy groups -OCH3 is 1. The van der Waals surface area contributed by atoms with Crippen LogP contribution in [0.25, 0.3) is 0 Å². The topological polar surface area (TPSA) is 209 Å². The predicted molar refractivity (Wildman–Crippen MR) is 131 cm³/mol. The number of benzene rings is 2. The van der Waals surface area contributed by atoms with Crippen LogP contribution in [0.15, 0.2) is 53.7 Å². The molecule has 0 saturated carbocycles. The zero-order chi connectivity index (χ0) is 28.9. The van der Waals surface area contributed by atoms with Crippen LogP contribution in [-0.4, -0.2) is 57.4 Å². The lowest BCUT2D eigenvalue weighted by molar-refractivity contribution is -0.394. The van der Waals surface area contributed by atoms with Crippen molar-refractivity contribution in [1.82, 2.24) is 10.2 Å². The maximum atomic E-state index is 12.9. The van der Waals surface area contributed by atoms with E-state index in [1.165, 1.54) is 30.0 Å². The number of carbonyl (C=O) groups is 4. The highest BCUT2D eigenvalue weighted by Crippen LogP contribution is 2.36. The first-order valence-corrected chi connectivity index (χ1v) is 11.3. The number of carboxylic acids is 1. The number of amides is 2. The number of nitro benzene ring substituents is 2. The number of urea groups is 1. The van der Waals surface area contributed by atoms with E-state index in [0.717, 1.165) is 19.2 Å². The Labute approximate surface area is 219 Å². The second-order valence-electron chi connectivity index (χ2n) is 8.20. The quantitative estimate of drug-likeness (QED) is 0.193. The molecule has 2 N–H and O–H groups in total. The summed E-state index contributed by atoms with van der Waals surface area (Å²) in [6.45, 7) is 1.48. The summed E-state index contributed by atoms with van der Waals surface area (Å²) < 4.78 is 10.3. The lowest BCUT2D eigenvalue weighted by Gasteiger charge is -2.35. The van der Waals surface area contributed by atoms with Gasteiger partial charge in [-0.25, -0.2) is 14.4 Å². The van der Waals surface area contributed by atoms with Gasteiger partial charge in [0.25, 0.3) is 11.4 Å². The van der Waals surface area contributed by atoms with Crippen LogP contribution in [-0.2, 0) is 14.3 Å². The molecule has 15 nitrogen and oxygen atoms in total. The Bertz CT molecular complexity index is 1370. The first-order valence-electron chi connectivity index (χ1n) is 11.3. The summed E-state index contributed by atoms with van der Waals surface area (Å²) in [5.41, 5.74) is -1.54. The number of hydrogen-bond donors (Lipinski definition) is 2. The average Bonchev–Trinajstić information content (AvgIpc) is 2.89. The van der Waals surface area contributed by atoms with Crippen molar-refractivity contribution in [3.05, 3.63) is 85.1 Å². The van der Waals surface area contributed by atoms with E-state index in [1.807, 2.05) is 0 Å². The van der Waals surface area contributed by atoms with E-state index in [-0.39, 0.29) is 42.0 Å². The summed E-state index contributed by atoms with van der Waals surface area (Å²) in [6, 6.07) is 6.35. The molecule has 15 heteroatoms. The van der Waals surface area contributed by atoms with Crippen molar-refractivity contribution < 1.29 is 43.6 Å². The number of rotatable bonds is 10. The number of allylic oxidation sites excluding steroid dienone is 1. The van der Waals surface area contributed by atoms with E-state index in [1.54, 1.807) is 6.07 Å². The van der Waals surface area contributed by atoms with Gasteiger partial charge in [-0.2, -0.15) is 0 Å². The zero-order valence-corrected chi connectivity index (χ0v) is 20.6. The molecule has 2 aromatic rings. The highest BCUT2D eigenvalue weighted by atomic mass is 16.6. The molecule has 1 unspecified atom stereocenters. The highest BCUT2D eigenvalue weighted by molar-refractivity contribution is 5.96. The van der Waals surface area contributed by atoms with Crippen LogP contribution < -0.4 is 10.1 Å². The van der Waals surface area contributed by atoms with Crippen molar-refractivity contribution in [2.45, 2.75) is 25.8 Å². The van der Waals surface area contributed by atoms with Gasteiger partial charge in [-0.3, -0.25) is 29.9 Å². The molecule has 0 saturated heterocycles. The molecule has 1 aliphatic rings. The minimum atomic E-state index is -1.16. The molecule has 0 radical (unpaired) electrons. The number of para-hydroxylation sites is 1. The minimum Gasteiger partial charge on any atom is -0.481 e. The number of aliphatic carboxylic acids is 1. The maximum absolute atomic E-state index is 12.9. The molecule has 204 valence electrons. The van der Waals surface area contributed by atoms with Crippen LogP contribution in [0, 0.1) is 20.2 Å². The Morgan fingerprint density at radius 3 is 2.23 bits per heavy atom. The summed E-state index contributed by atoms with van der Waals surface area (Å²) in [6.07, 6.45) is -0.0919. The molecule has 1 atom stereocenters. The molecule has 0 bridgehead atoms. The monoisotopic (exact) mass is 542 g/mol. The number of esters is 2. The fraction of sp³-hybridized carbons (Fsp3) is 0.250. The molecule has 2 aromatic carbocycles. The molecule has 3 rings (SSSR count). The van der Waals surface area contributed by atoms with Crippen molar-refractivity contribution in [3.63, 3.8) is 0 Å². The highest BCUT2D eigenvalue weighted by Gasteiger charge is 2.37. The van der Waals surface area contributed by atoms with Crippen molar-refractivity contribution in [1.29, 1.82) is 0 Å². The van der Waals surface area contributed by atoms with E-state index in [0.29, 0.717) is 6.07 Å². The van der Waals surface area contributed by atoms with Crippen molar-refractivity contribution in [2.75, 3.05) is 13.7 Å². The number of nitrogens with one attached hydrogen (secondary N) is 1. The van der Waals surface area contributed by atoms with Gasteiger partial charge in [0, 0.05) is 36.4 Å². The van der Waals surface area contributed by atoms with Crippen molar-refractivity contribution in [2.24, 2.45) is 0 Å². The number of carboxylic acid groups (broad SMARTS) is 1. The zero-order valence-electron chi connectivity index (χ0n) is 20.6. The molecular weight excluding hydrogens is 520 g/mol. The molecule has 2 amide bonds. The molecule has 0 spiro atoms. The summed E-state index contributed by atoms with van der Waals surface area (Å²) in [7, 11) is 1.13. The smallest absolute Gasteiger partial charge is 0.344 e.